The molecule has 3 aromatic carbocycles. The molecule has 31 heavy (non-hydrogen) atoms. The van der Waals surface area contributed by atoms with Crippen molar-refractivity contribution in [1.29, 1.82) is 0 Å². The number of amides is 1. The molecule has 1 amide bonds. The topological polar surface area (TPSA) is 66.5 Å². The van der Waals surface area contributed by atoms with Crippen LogP contribution in [-0.2, 0) is 10.0 Å². The van der Waals surface area contributed by atoms with E-state index in [1.54, 1.807) is 18.2 Å². The van der Waals surface area contributed by atoms with Crippen molar-refractivity contribution in [2.24, 2.45) is 0 Å². The second-order valence-electron chi connectivity index (χ2n) is 7.70. The van der Waals surface area contributed by atoms with Crippen molar-refractivity contribution in [3.05, 3.63) is 66.2 Å². The quantitative estimate of drug-likeness (QED) is 0.526. The van der Waals surface area contributed by atoms with Crippen molar-refractivity contribution in [3.63, 3.8) is 0 Å². The molecule has 0 aromatic heterocycles. The van der Waals surface area contributed by atoms with Gasteiger partial charge in [-0.3, -0.25) is 9.52 Å². The minimum atomic E-state index is -3.85. The summed E-state index contributed by atoms with van der Waals surface area (Å²) in [5.74, 6) is -0.0894. The summed E-state index contributed by atoms with van der Waals surface area (Å²) in [6, 6.07) is 18.0. The van der Waals surface area contributed by atoms with Gasteiger partial charge >= 0.3 is 0 Å². The van der Waals surface area contributed by atoms with Gasteiger partial charge in [-0.1, -0.05) is 49.2 Å². The van der Waals surface area contributed by atoms with E-state index in [1.165, 1.54) is 17.8 Å². The van der Waals surface area contributed by atoms with Crippen LogP contribution in [0.25, 0.3) is 10.8 Å². The second-order valence-corrected chi connectivity index (χ2v) is 10.2. The number of sulfonamides is 1. The second kappa shape index (κ2) is 9.32. The number of anilines is 1. The highest BCUT2D eigenvalue weighted by Crippen LogP contribution is 2.29. The molecule has 5 nitrogen and oxygen atoms in total. The van der Waals surface area contributed by atoms with Crippen molar-refractivity contribution in [2.45, 2.75) is 35.5 Å². The average molecular weight is 455 g/mol. The molecule has 0 saturated carbocycles. The van der Waals surface area contributed by atoms with Gasteiger partial charge in [0.2, 0.25) is 0 Å². The Labute approximate surface area is 187 Å². The van der Waals surface area contributed by atoms with Gasteiger partial charge in [0, 0.05) is 23.4 Å². The molecule has 7 heteroatoms. The molecule has 0 unspecified atom stereocenters. The normalized spacial score (nSPS) is 14.9. The highest BCUT2D eigenvalue weighted by molar-refractivity contribution is 7.98. The molecule has 1 N–H and O–H groups in total. The number of thioether (sulfide) groups is 1. The Morgan fingerprint density at radius 1 is 0.935 bits per heavy atom. The van der Waals surface area contributed by atoms with Gasteiger partial charge < -0.3 is 4.90 Å². The summed E-state index contributed by atoms with van der Waals surface area (Å²) in [5.41, 5.74) is 0.975. The Morgan fingerprint density at radius 3 is 2.39 bits per heavy atom. The molecule has 0 bridgehead atoms. The predicted octanol–water partition coefficient (Wildman–Crippen LogP) is 5.38. The molecule has 4 rings (SSSR count). The number of rotatable bonds is 5. The summed E-state index contributed by atoms with van der Waals surface area (Å²) in [7, 11) is -3.85. The van der Waals surface area contributed by atoms with Gasteiger partial charge in [0.15, 0.2) is 0 Å². The zero-order valence-electron chi connectivity index (χ0n) is 17.5. The van der Waals surface area contributed by atoms with Crippen LogP contribution in [0.5, 0.6) is 0 Å². The van der Waals surface area contributed by atoms with Crippen molar-refractivity contribution < 1.29 is 13.2 Å². The summed E-state index contributed by atoms with van der Waals surface area (Å²) < 4.78 is 29.1. The molecule has 3 aromatic rings. The number of fused-ring (bicyclic) bond motifs is 1. The number of hydrogen-bond acceptors (Lipinski definition) is 4. The third-order valence-electron chi connectivity index (χ3n) is 5.64. The van der Waals surface area contributed by atoms with Crippen LogP contribution in [0.1, 0.15) is 36.0 Å². The number of likely N-dealkylation sites (tertiary alicyclic amines) is 1. The molecule has 1 aliphatic rings. The van der Waals surface area contributed by atoms with Gasteiger partial charge in [0.05, 0.1) is 16.1 Å². The van der Waals surface area contributed by atoms with Crippen LogP contribution in [0, 0.1) is 0 Å². The minimum absolute atomic E-state index is 0.0894. The lowest BCUT2D eigenvalue weighted by Gasteiger charge is -2.22. The maximum atomic E-state index is 13.2. The van der Waals surface area contributed by atoms with Crippen molar-refractivity contribution in [1.82, 2.24) is 4.90 Å². The highest BCUT2D eigenvalue weighted by atomic mass is 32.2. The van der Waals surface area contributed by atoms with Gasteiger partial charge in [0.1, 0.15) is 0 Å². The number of nitrogens with one attached hydrogen (secondary N) is 1. The summed E-state index contributed by atoms with van der Waals surface area (Å²) >= 11 is 1.46. The van der Waals surface area contributed by atoms with Crippen molar-refractivity contribution in [2.75, 3.05) is 24.1 Å². The number of carbonyl (C=O) groups excluding carboxylic acids is 1. The van der Waals surface area contributed by atoms with Crippen LogP contribution >= 0.6 is 11.8 Å². The molecule has 162 valence electrons. The first-order valence-corrected chi connectivity index (χ1v) is 13.2. The van der Waals surface area contributed by atoms with E-state index in [-0.39, 0.29) is 10.8 Å². The maximum Gasteiger partial charge on any atom is 0.261 e. The number of hydrogen-bond donors (Lipinski definition) is 1. The fraction of sp³-hybridized carbons (Fsp3) is 0.292. The lowest BCUT2D eigenvalue weighted by atomic mass is 10.1. The lowest BCUT2D eigenvalue weighted by molar-refractivity contribution is 0.0758. The minimum Gasteiger partial charge on any atom is -0.339 e. The summed E-state index contributed by atoms with van der Waals surface area (Å²) in [5, 5.41) is 1.78. The SMILES string of the molecule is CSc1ccc(S(=O)(=O)Nc2cccc3ccccc23)cc1C(=O)N1CCCCCC1. The molecule has 1 aliphatic heterocycles. The number of benzene rings is 3. The van der Waals surface area contributed by atoms with E-state index in [1.807, 2.05) is 47.6 Å². The third kappa shape index (κ3) is 4.72. The van der Waals surface area contributed by atoms with E-state index < -0.39 is 10.0 Å². The van der Waals surface area contributed by atoms with Crippen LogP contribution in [0.15, 0.2) is 70.5 Å². The van der Waals surface area contributed by atoms with Crippen LogP contribution in [-0.4, -0.2) is 38.6 Å². The lowest BCUT2D eigenvalue weighted by Crippen LogP contribution is -2.32. The first-order chi connectivity index (χ1) is 15.0. The number of carbonyl (C=O) groups is 1. The van der Waals surface area contributed by atoms with E-state index in [9.17, 15) is 13.2 Å². The zero-order valence-corrected chi connectivity index (χ0v) is 19.1. The molecular weight excluding hydrogens is 428 g/mol. The fourth-order valence-electron chi connectivity index (χ4n) is 3.98. The summed E-state index contributed by atoms with van der Waals surface area (Å²) in [6.45, 7) is 1.44. The average Bonchev–Trinajstić information content (AvgIpc) is 3.08. The first-order valence-electron chi connectivity index (χ1n) is 10.5. The van der Waals surface area contributed by atoms with Crippen LogP contribution in [0.2, 0.25) is 0 Å². The van der Waals surface area contributed by atoms with Crippen LogP contribution in [0.3, 0.4) is 0 Å². The third-order valence-corrected chi connectivity index (χ3v) is 7.80. The monoisotopic (exact) mass is 454 g/mol. The van der Waals surface area contributed by atoms with Crippen molar-refractivity contribution in [3.8, 4) is 0 Å². The number of nitrogens with zero attached hydrogens (tertiary/aromatic N) is 1. The Hall–Kier alpha value is -2.51. The molecule has 1 fully saturated rings. The van der Waals surface area contributed by atoms with E-state index in [2.05, 4.69) is 4.72 Å². The smallest absolute Gasteiger partial charge is 0.261 e. The Morgan fingerprint density at radius 2 is 1.65 bits per heavy atom. The molecule has 0 aliphatic carbocycles. The molecule has 0 atom stereocenters. The predicted molar refractivity (Wildman–Crippen MR) is 127 cm³/mol. The Balaban J connectivity index is 1.68. The molecule has 1 saturated heterocycles. The Bertz CT molecular complexity index is 1200. The Kier molecular flexibility index (Phi) is 6.53. The largest absolute Gasteiger partial charge is 0.339 e. The molecule has 1 heterocycles. The van der Waals surface area contributed by atoms with Gasteiger partial charge in [-0.2, -0.15) is 0 Å². The maximum absolute atomic E-state index is 13.2. The van der Waals surface area contributed by atoms with Gasteiger partial charge in [-0.15, -0.1) is 11.8 Å². The molecule has 0 spiro atoms. The van der Waals surface area contributed by atoms with Gasteiger partial charge in [0.25, 0.3) is 15.9 Å². The van der Waals surface area contributed by atoms with E-state index >= 15 is 0 Å². The molecular formula is C24H26N2O3S2. The van der Waals surface area contributed by atoms with Crippen molar-refractivity contribution >= 4 is 44.2 Å². The van der Waals surface area contributed by atoms with Gasteiger partial charge in [-0.05, 0) is 48.7 Å². The van der Waals surface area contributed by atoms with Crippen LogP contribution < -0.4 is 4.72 Å². The van der Waals surface area contributed by atoms with E-state index in [0.717, 1.165) is 54.4 Å². The summed E-state index contributed by atoms with van der Waals surface area (Å²) in [4.78, 5) is 16.0. The van der Waals surface area contributed by atoms with E-state index in [4.69, 9.17) is 0 Å². The van der Waals surface area contributed by atoms with Crippen LogP contribution in [0.4, 0.5) is 5.69 Å². The highest BCUT2D eigenvalue weighted by Gasteiger charge is 2.23. The zero-order chi connectivity index (χ0) is 21.8. The standard InChI is InChI=1S/C24H26N2O3S2/c1-30-23-14-13-19(17-21(23)24(27)26-15-6-2-3-7-16-26)31(28,29)25-22-12-8-10-18-9-4-5-11-20(18)22/h4-5,8-14,17,25H,2-3,6-7,15-16H2,1H3. The fourth-order valence-corrected chi connectivity index (χ4v) is 5.66. The van der Waals surface area contributed by atoms with E-state index in [0.29, 0.717) is 11.3 Å². The first kappa shape index (κ1) is 21.7. The van der Waals surface area contributed by atoms with Gasteiger partial charge in [-0.25, -0.2) is 8.42 Å². The summed E-state index contributed by atoms with van der Waals surface area (Å²) in [6.07, 6.45) is 6.13. The molecule has 0 radical (unpaired) electrons.